The number of hydrogen-bond donors (Lipinski definition) is 1. The summed E-state index contributed by atoms with van der Waals surface area (Å²) in [5.41, 5.74) is 6.92. The van der Waals surface area contributed by atoms with Crippen LogP contribution in [0.3, 0.4) is 0 Å². The molecule has 5 aromatic carbocycles. The molecule has 2 aromatic heterocycles. The topological polar surface area (TPSA) is 54.3 Å². The number of amidine groups is 1. The normalized spacial score (nSPS) is 11.9. The smallest absolute Gasteiger partial charge is 0.151 e. The van der Waals surface area contributed by atoms with Gasteiger partial charge in [0.2, 0.25) is 0 Å². The molecule has 0 fully saturated rings. The van der Waals surface area contributed by atoms with Gasteiger partial charge >= 0.3 is 0 Å². The molecule has 0 aliphatic rings. The summed E-state index contributed by atoms with van der Waals surface area (Å²) in [7, 11) is 0. The molecule has 0 aliphatic carbocycles. The Labute approximate surface area is 207 Å². The molecular formula is C32H21N3O. The standard InChI is InChI=1S/C32H21N3O/c33-32(22-8-2-1-3-9-22)34-20-21-14-16-23(17-15-21)35-28-12-6-4-10-24(28)26-19-31-27(18-29(26)35)25-11-5-7-13-30(25)36-31/h1-20,33H. The lowest BCUT2D eigenvalue weighted by atomic mass is 10.1. The summed E-state index contributed by atoms with van der Waals surface area (Å²) >= 11 is 0. The van der Waals surface area contributed by atoms with Crippen molar-refractivity contribution in [2.75, 3.05) is 0 Å². The van der Waals surface area contributed by atoms with Crippen LogP contribution < -0.4 is 0 Å². The van der Waals surface area contributed by atoms with Crippen LogP contribution in [0.25, 0.3) is 49.4 Å². The molecule has 0 bridgehead atoms. The number of rotatable bonds is 3. The third kappa shape index (κ3) is 3.23. The second-order valence-corrected chi connectivity index (χ2v) is 8.88. The number of nitrogens with one attached hydrogen (secondary N) is 1. The Balaban J connectivity index is 1.35. The summed E-state index contributed by atoms with van der Waals surface area (Å²) in [4.78, 5) is 4.36. The molecule has 0 radical (unpaired) electrons. The third-order valence-electron chi connectivity index (χ3n) is 6.71. The zero-order valence-electron chi connectivity index (χ0n) is 19.3. The largest absolute Gasteiger partial charge is 0.456 e. The van der Waals surface area contributed by atoms with Crippen molar-refractivity contribution in [2.45, 2.75) is 0 Å². The van der Waals surface area contributed by atoms with Crippen LogP contribution in [-0.2, 0) is 0 Å². The average Bonchev–Trinajstić information content (AvgIpc) is 3.46. The second kappa shape index (κ2) is 8.07. The lowest BCUT2D eigenvalue weighted by Crippen LogP contribution is -1.96. The van der Waals surface area contributed by atoms with E-state index in [0.717, 1.165) is 49.8 Å². The monoisotopic (exact) mass is 463 g/mol. The predicted octanol–water partition coefficient (Wildman–Crippen LogP) is 8.13. The van der Waals surface area contributed by atoms with E-state index >= 15 is 0 Å². The quantitative estimate of drug-likeness (QED) is 0.209. The van der Waals surface area contributed by atoms with Gasteiger partial charge < -0.3 is 8.98 Å². The van der Waals surface area contributed by atoms with Gasteiger partial charge in [-0.2, -0.15) is 0 Å². The minimum absolute atomic E-state index is 0.249. The number of hydrogen-bond acceptors (Lipinski definition) is 2. The summed E-state index contributed by atoms with van der Waals surface area (Å²) in [6.07, 6.45) is 1.74. The fraction of sp³-hybridized carbons (Fsp3) is 0. The fourth-order valence-corrected chi connectivity index (χ4v) is 4.98. The molecule has 2 heterocycles. The van der Waals surface area contributed by atoms with Crippen molar-refractivity contribution in [3.05, 3.63) is 126 Å². The van der Waals surface area contributed by atoms with Gasteiger partial charge in [0.05, 0.1) is 11.0 Å². The summed E-state index contributed by atoms with van der Waals surface area (Å²) in [6, 6.07) is 38.9. The van der Waals surface area contributed by atoms with E-state index in [2.05, 4.69) is 70.2 Å². The Morgan fingerprint density at radius 1 is 0.639 bits per heavy atom. The minimum Gasteiger partial charge on any atom is -0.456 e. The summed E-state index contributed by atoms with van der Waals surface area (Å²) in [6.45, 7) is 0. The Hall–Kier alpha value is -4.96. The lowest BCUT2D eigenvalue weighted by Gasteiger charge is -2.08. The zero-order chi connectivity index (χ0) is 24.1. The Morgan fingerprint density at radius 2 is 1.36 bits per heavy atom. The van der Waals surface area contributed by atoms with E-state index in [1.165, 1.54) is 10.8 Å². The Morgan fingerprint density at radius 3 is 2.19 bits per heavy atom. The second-order valence-electron chi connectivity index (χ2n) is 8.88. The molecule has 0 aliphatic heterocycles. The molecule has 1 N–H and O–H groups in total. The van der Waals surface area contributed by atoms with Crippen LogP contribution in [-0.4, -0.2) is 16.6 Å². The zero-order valence-corrected chi connectivity index (χ0v) is 19.3. The van der Waals surface area contributed by atoms with Gasteiger partial charge in [0.15, 0.2) is 5.84 Å². The maximum absolute atomic E-state index is 8.22. The van der Waals surface area contributed by atoms with Crippen LogP contribution in [0, 0.1) is 5.41 Å². The molecule has 7 aromatic rings. The highest BCUT2D eigenvalue weighted by molar-refractivity contribution is 6.17. The van der Waals surface area contributed by atoms with E-state index in [-0.39, 0.29) is 5.84 Å². The summed E-state index contributed by atoms with van der Waals surface area (Å²) < 4.78 is 8.48. The molecule has 36 heavy (non-hydrogen) atoms. The van der Waals surface area contributed by atoms with Gasteiger partial charge in [-0.3, -0.25) is 5.41 Å². The maximum Gasteiger partial charge on any atom is 0.151 e. The first-order chi connectivity index (χ1) is 17.8. The number of para-hydroxylation sites is 2. The predicted molar refractivity (Wildman–Crippen MR) is 149 cm³/mol. The van der Waals surface area contributed by atoms with Crippen molar-refractivity contribution in [1.82, 2.24) is 4.57 Å². The van der Waals surface area contributed by atoms with Crippen molar-refractivity contribution < 1.29 is 4.42 Å². The Kier molecular flexibility index (Phi) is 4.57. The van der Waals surface area contributed by atoms with Gasteiger partial charge in [0.1, 0.15) is 11.2 Å². The SMILES string of the molecule is N=C(N=Cc1ccc(-n2c3ccccc3c3cc4oc5ccccc5c4cc32)cc1)c1ccccc1. The van der Waals surface area contributed by atoms with E-state index in [1.807, 2.05) is 54.6 Å². The Bertz CT molecular complexity index is 1940. The average molecular weight is 464 g/mol. The highest BCUT2D eigenvalue weighted by atomic mass is 16.3. The van der Waals surface area contributed by atoms with E-state index in [9.17, 15) is 0 Å². The fourth-order valence-electron chi connectivity index (χ4n) is 4.98. The van der Waals surface area contributed by atoms with Crippen LogP contribution in [0.1, 0.15) is 11.1 Å². The number of fused-ring (bicyclic) bond motifs is 6. The number of benzene rings is 5. The number of aromatic nitrogens is 1. The first-order valence-electron chi connectivity index (χ1n) is 11.9. The van der Waals surface area contributed by atoms with Crippen molar-refractivity contribution in [3.8, 4) is 5.69 Å². The van der Waals surface area contributed by atoms with Crippen molar-refractivity contribution in [1.29, 1.82) is 5.41 Å². The molecule has 0 atom stereocenters. The van der Waals surface area contributed by atoms with E-state index in [4.69, 9.17) is 9.83 Å². The number of aliphatic imine (C=N–C) groups is 1. The van der Waals surface area contributed by atoms with Crippen LogP contribution >= 0.6 is 0 Å². The molecule has 0 saturated heterocycles. The molecule has 0 unspecified atom stereocenters. The first kappa shape index (κ1) is 20.4. The lowest BCUT2D eigenvalue weighted by molar-refractivity contribution is 0.669. The van der Waals surface area contributed by atoms with Gasteiger partial charge in [0.25, 0.3) is 0 Å². The van der Waals surface area contributed by atoms with Crippen LogP contribution in [0.2, 0.25) is 0 Å². The molecule has 170 valence electrons. The van der Waals surface area contributed by atoms with Gasteiger partial charge in [-0.25, -0.2) is 4.99 Å². The maximum atomic E-state index is 8.22. The third-order valence-corrected chi connectivity index (χ3v) is 6.71. The molecule has 4 nitrogen and oxygen atoms in total. The summed E-state index contributed by atoms with van der Waals surface area (Å²) in [5.74, 6) is 0.249. The van der Waals surface area contributed by atoms with Crippen molar-refractivity contribution in [2.24, 2.45) is 4.99 Å². The van der Waals surface area contributed by atoms with E-state index < -0.39 is 0 Å². The van der Waals surface area contributed by atoms with Crippen LogP contribution in [0.4, 0.5) is 0 Å². The molecule has 0 amide bonds. The molecule has 4 heteroatoms. The number of nitrogens with zero attached hydrogens (tertiary/aromatic N) is 2. The van der Waals surface area contributed by atoms with Gasteiger partial charge in [-0.15, -0.1) is 0 Å². The molecule has 0 spiro atoms. The first-order valence-corrected chi connectivity index (χ1v) is 11.9. The van der Waals surface area contributed by atoms with E-state index in [0.29, 0.717) is 0 Å². The molecule has 7 rings (SSSR count). The highest BCUT2D eigenvalue weighted by Crippen LogP contribution is 2.38. The minimum atomic E-state index is 0.249. The van der Waals surface area contributed by atoms with Crippen LogP contribution in [0.15, 0.2) is 125 Å². The van der Waals surface area contributed by atoms with Gasteiger partial charge in [0, 0.05) is 39.0 Å². The molecule has 0 saturated carbocycles. The van der Waals surface area contributed by atoms with Crippen molar-refractivity contribution in [3.63, 3.8) is 0 Å². The highest BCUT2D eigenvalue weighted by Gasteiger charge is 2.16. The van der Waals surface area contributed by atoms with E-state index in [1.54, 1.807) is 6.21 Å². The molecular weight excluding hydrogens is 442 g/mol. The van der Waals surface area contributed by atoms with Crippen LogP contribution in [0.5, 0.6) is 0 Å². The summed E-state index contributed by atoms with van der Waals surface area (Å²) in [5, 5.41) is 12.8. The number of furan rings is 1. The van der Waals surface area contributed by atoms with Crippen molar-refractivity contribution >= 4 is 55.8 Å². The van der Waals surface area contributed by atoms with Gasteiger partial charge in [-0.1, -0.05) is 78.9 Å². The van der Waals surface area contributed by atoms with Gasteiger partial charge in [-0.05, 0) is 42.0 Å².